The van der Waals surface area contributed by atoms with Gasteiger partial charge >= 0.3 is 12.1 Å². The summed E-state index contributed by atoms with van der Waals surface area (Å²) in [6.07, 6.45) is -3.04. The van der Waals surface area contributed by atoms with Crippen LogP contribution in [0.5, 0.6) is 0 Å². The lowest BCUT2D eigenvalue weighted by molar-refractivity contribution is -0.137. The molecular formula is C16H12F3N3O2S. The molecule has 3 aromatic rings. The summed E-state index contributed by atoms with van der Waals surface area (Å²) in [7, 11) is 0. The number of esters is 1. The van der Waals surface area contributed by atoms with Gasteiger partial charge in [-0.1, -0.05) is 18.2 Å². The Morgan fingerprint density at radius 3 is 2.72 bits per heavy atom. The van der Waals surface area contributed by atoms with Gasteiger partial charge in [-0.2, -0.15) is 18.3 Å². The van der Waals surface area contributed by atoms with Gasteiger partial charge in [0.1, 0.15) is 0 Å². The molecule has 5 nitrogen and oxygen atoms in total. The summed E-state index contributed by atoms with van der Waals surface area (Å²) in [4.78, 5) is 16.0. The standard InChI is InChI=1S/C16H12F3N3O2S/c1-2-24-14(23)12-9-13(22(21-12)15-20-7-8-25-15)10-5-3-4-6-11(10)16(17,18)19/h3-9H,2H2,1H3. The van der Waals surface area contributed by atoms with Crippen molar-refractivity contribution in [2.75, 3.05) is 6.61 Å². The molecule has 0 bridgehead atoms. The summed E-state index contributed by atoms with van der Waals surface area (Å²) < 4.78 is 46.2. The van der Waals surface area contributed by atoms with Crippen molar-refractivity contribution >= 4 is 17.3 Å². The molecule has 0 amide bonds. The number of benzene rings is 1. The van der Waals surface area contributed by atoms with Gasteiger partial charge in [0.2, 0.25) is 5.13 Å². The van der Waals surface area contributed by atoms with Crippen LogP contribution in [-0.2, 0) is 10.9 Å². The zero-order valence-electron chi connectivity index (χ0n) is 12.9. The minimum atomic E-state index is -4.54. The molecule has 2 heterocycles. The van der Waals surface area contributed by atoms with E-state index in [-0.39, 0.29) is 23.6 Å². The number of halogens is 3. The Morgan fingerprint density at radius 2 is 2.08 bits per heavy atom. The Kier molecular flexibility index (Phi) is 4.58. The lowest BCUT2D eigenvalue weighted by Crippen LogP contribution is -2.09. The van der Waals surface area contributed by atoms with Crippen LogP contribution in [-0.4, -0.2) is 27.3 Å². The van der Waals surface area contributed by atoms with E-state index in [1.54, 1.807) is 12.3 Å². The summed E-state index contributed by atoms with van der Waals surface area (Å²) in [6, 6.07) is 6.40. The van der Waals surface area contributed by atoms with Crippen LogP contribution in [0.4, 0.5) is 13.2 Å². The zero-order valence-corrected chi connectivity index (χ0v) is 13.8. The van der Waals surface area contributed by atoms with Crippen molar-refractivity contribution in [1.82, 2.24) is 14.8 Å². The minimum Gasteiger partial charge on any atom is -0.461 e. The summed E-state index contributed by atoms with van der Waals surface area (Å²) in [5.74, 6) is -0.705. The van der Waals surface area contributed by atoms with Crippen LogP contribution in [0.25, 0.3) is 16.4 Å². The molecule has 0 saturated carbocycles. The minimum absolute atomic E-state index is 0.0796. The number of carbonyl (C=O) groups is 1. The molecule has 0 aliphatic carbocycles. The van der Waals surface area contributed by atoms with E-state index in [4.69, 9.17) is 4.74 Å². The maximum absolute atomic E-state index is 13.4. The summed E-state index contributed by atoms with van der Waals surface area (Å²) in [5.41, 5.74) is -0.869. The first-order valence-corrected chi connectivity index (χ1v) is 8.13. The first kappa shape index (κ1) is 17.2. The van der Waals surface area contributed by atoms with E-state index in [9.17, 15) is 18.0 Å². The first-order chi connectivity index (χ1) is 11.9. The van der Waals surface area contributed by atoms with E-state index in [1.165, 1.54) is 46.5 Å². The van der Waals surface area contributed by atoms with Crippen molar-refractivity contribution in [2.24, 2.45) is 0 Å². The molecule has 9 heteroatoms. The number of rotatable bonds is 4. The molecule has 2 aromatic heterocycles. The van der Waals surface area contributed by atoms with Gasteiger partial charge in [-0.05, 0) is 19.1 Å². The van der Waals surface area contributed by atoms with E-state index < -0.39 is 17.7 Å². The fourth-order valence-corrected chi connectivity index (χ4v) is 2.90. The van der Waals surface area contributed by atoms with Gasteiger partial charge < -0.3 is 4.74 Å². The molecule has 130 valence electrons. The van der Waals surface area contributed by atoms with Crippen LogP contribution in [0.1, 0.15) is 23.0 Å². The SMILES string of the molecule is CCOC(=O)c1cc(-c2ccccc2C(F)(F)F)n(-c2nccs2)n1. The van der Waals surface area contributed by atoms with Crippen molar-refractivity contribution in [3.63, 3.8) is 0 Å². The monoisotopic (exact) mass is 367 g/mol. The third-order valence-electron chi connectivity index (χ3n) is 3.30. The van der Waals surface area contributed by atoms with Crippen LogP contribution in [0, 0.1) is 0 Å². The van der Waals surface area contributed by atoms with Gasteiger partial charge in [0.15, 0.2) is 5.69 Å². The van der Waals surface area contributed by atoms with Crippen LogP contribution in [0.15, 0.2) is 41.9 Å². The van der Waals surface area contributed by atoms with E-state index in [0.29, 0.717) is 5.13 Å². The van der Waals surface area contributed by atoms with Crippen molar-refractivity contribution in [2.45, 2.75) is 13.1 Å². The van der Waals surface area contributed by atoms with Gasteiger partial charge in [0.25, 0.3) is 0 Å². The van der Waals surface area contributed by atoms with Crippen molar-refractivity contribution < 1.29 is 22.7 Å². The molecule has 0 spiro atoms. The largest absolute Gasteiger partial charge is 0.461 e. The van der Waals surface area contributed by atoms with Crippen LogP contribution >= 0.6 is 11.3 Å². The highest BCUT2D eigenvalue weighted by atomic mass is 32.1. The quantitative estimate of drug-likeness (QED) is 0.649. The van der Waals surface area contributed by atoms with Gasteiger partial charge in [0, 0.05) is 17.1 Å². The van der Waals surface area contributed by atoms with E-state index in [0.717, 1.165) is 6.07 Å². The maximum atomic E-state index is 13.4. The summed E-state index contributed by atoms with van der Waals surface area (Å²) in [5, 5.41) is 6.11. The highest BCUT2D eigenvalue weighted by molar-refractivity contribution is 7.12. The Bertz CT molecular complexity index is 888. The fourth-order valence-electron chi connectivity index (χ4n) is 2.30. The van der Waals surface area contributed by atoms with Gasteiger partial charge in [-0.3, -0.25) is 0 Å². The molecule has 0 saturated heterocycles. The van der Waals surface area contributed by atoms with Crippen LogP contribution < -0.4 is 0 Å². The third-order valence-corrected chi connectivity index (χ3v) is 4.05. The third kappa shape index (κ3) is 3.41. The lowest BCUT2D eigenvalue weighted by Gasteiger charge is -2.13. The second-order valence-corrected chi connectivity index (χ2v) is 5.78. The summed E-state index contributed by atoms with van der Waals surface area (Å²) in [6.45, 7) is 1.77. The molecule has 0 N–H and O–H groups in total. The molecule has 0 aliphatic rings. The lowest BCUT2D eigenvalue weighted by atomic mass is 10.0. The van der Waals surface area contributed by atoms with E-state index in [1.807, 2.05) is 0 Å². The Morgan fingerprint density at radius 1 is 1.32 bits per heavy atom. The number of aromatic nitrogens is 3. The number of alkyl halides is 3. The first-order valence-electron chi connectivity index (χ1n) is 7.25. The molecule has 1 aromatic carbocycles. The Balaban J connectivity index is 2.21. The van der Waals surface area contributed by atoms with Crippen molar-refractivity contribution in [1.29, 1.82) is 0 Å². The van der Waals surface area contributed by atoms with Gasteiger partial charge in [0.05, 0.1) is 17.9 Å². The Hall–Kier alpha value is -2.68. The van der Waals surface area contributed by atoms with E-state index >= 15 is 0 Å². The number of ether oxygens (including phenoxy) is 1. The highest BCUT2D eigenvalue weighted by Crippen LogP contribution is 2.38. The number of thiazole rings is 1. The molecule has 0 fully saturated rings. The van der Waals surface area contributed by atoms with Gasteiger partial charge in [-0.15, -0.1) is 11.3 Å². The smallest absolute Gasteiger partial charge is 0.417 e. The fraction of sp³-hybridized carbons (Fsp3) is 0.188. The molecule has 0 radical (unpaired) electrons. The molecule has 25 heavy (non-hydrogen) atoms. The summed E-state index contributed by atoms with van der Waals surface area (Å²) >= 11 is 1.19. The zero-order chi connectivity index (χ0) is 18.0. The predicted molar refractivity (Wildman–Crippen MR) is 85.6 cm³/mol. The van der Waals surface area contributed by atoms with Crippen molar-refractivity contribution in [3.05, 3.63) is 53.2 Å². The number of hydrogen-bond donors (Lipinski definition) is 0. The average molecular weight is 367 g/mol. The van der Waals surface area contributed by atoms with E-state index in [2.05, 4.69) is 10.1 Å². The van der Waals surface area contributed by atoms with Gasteiger partial charge in [-0.25, -0.2) is 14.5 Å². The number of nitrogens with zero attached hydrogens (tertiary/aromatic N) is 3. The number of hydrogen-bond acceptors (Lipinski definition) is 5. The second kappa shape index (κ2) is 6.67. The van der Waals surface area contributed by atoms with Crippen molar-refractivity contribution in [3.8, 4) is 16.4 Å². The number of carbonyl (C=O) groups excluding carboxylic acids is 1. The maximum Gasteiger partial charge on any atom is 0.417 e. The molecular weight excluding hydrogens is 355 g/mol. The Labute approximate surface area is 144 Å². The molecule has 3 rings (SSSR count). The molecule has 0 aliphatic heterocycles. The molecule has 0 atom stereocenters. The molecule has 0 unspecified atom stereocenters. The normalized spacial score (nSPS) is 11.5. The van der Waals surface area contributed by atoms with Crippen LogP contribution in [0.2, 0.25) is 0 Å². The second-order valence-electron chi connectivity index (χ2n) is 4.91. The highest BCUT2D eigenvalue weighted by Gasteiger charge is 2.34. The van der Waals surface area contributed by atoms with Crippen LogP contribution in [0.3, 0.4) is 0 Å². The predicted octanol–water partition coefficient (Wildman–Crippen LogP) is 4.19. The average Bonchev–Trinajstić information content (AvgIpc) is 3.23. The topological polar surface area (TPSA) is 57.0 Å².